The maximum atomic E-state index is 8.16. The molecular weight excluding hydrogens is 558 g/mol. The first-order valence-corrected chi connectivity index (χ1v) is 10.9. The minimum atomic E-state index is -0.880. The second kappa shape index (κ2) is 12.3. The molecule has 0 spiro atoms. The number of rotatable bonds is 1. The van der Waals surface area contributed by atoms with E-state index in [1.54, 1.807) is 0 Å². The van der Waals surface area contributed by atoms with Crippen molar-refractivity contribution in [3.05, 3.63) is 65.7 Å². The van der Waals surface area contributed by atoms with Gasteiger partial charge in [0.05, 0.1) is 0 Å². The van der Waals surface area contributed by atoms with E-state index in [2.05, 4.69) is 82.3 Å². The Bertz CT molecular complexity index is 803. The smallest absolute Gasteiger partial charge is 0.200 e. The van der Waals surface area contributed by atoms with Gasteiger partial charge in [-0.1, -0.05) is 63.6 Å². The van der Waals surface area contributed by atoms with Crippen LogP contribution in [-0.4, -0.2) is 13.8 Å². The average molecular weight is 586 g/mol. The normalized spacial score (nSPS) is 10.2. The molecule has 1 nitrogen and oxygen atoms in total. The van der Waals surface area contributed by atoms with Crippen LogP contribution in [0, 0.1) is 6.92 Å². The van der Waals surface area contributed by atoms with E-state index in [-0.39, 0.29) is 56.1 Å². The molecule has 0 saturated carbocycles. The van der Waals surface area contributed by atoms with Crippen LogP contribution in [0.4, 0.5) is 0 Å². The second-order valence-electron chi connectivity index (χ2n) is 7.62. The van der Waals surface area contributed by atoms with E-state index >= 15 is 0 Å². The van der Waals surface area contributed by atoms with Gasteiger partial charge in [0.15, 0.2) is 9.04 Å². The molecule has 0 heterocycles. The van der Waals surface area contributed by atoms with Gasteiger partial charge in [-0.2, -0.15) is 6.07 Å². The van der Waals surface area contributed by atoms with Crippen molar-refractivity contribution in [2.75, 3.05) is 0 Å². The van der Waals surface area contributed by atoms with Gasteiger partial charge in [-0.15, -0.1) is 34.5 Å². The van der Waals surface area contributed by atoms with Crippen molar-refractivity contribution >= 4 is 19.8 Å². The summed E-state index contributed by atoms with van der Waals surface area (Å²) < 4.78 is 0. The zero-order valence-electron chi connectivity index (χ0n) is 16.9. The van der Waals surface area contributed by atoms with Crippen molar-refractivity contribution in [2.45, 2.75) is 46.2 Å². The number of benzene rings is 2. The summed E-state index contributed by atoms with van der Waals surface area (Å²) in [5, 5.41) is 2.69. The number of hydrogen-bond donors (Lipinski definition) is 1. The van der Waals surface area contributed by atoms with Crippen LogP contribution in [-0.2, 0) is 31.3 Å². The van der Waals surface area contributed by atoms with E-state index in [4.69, 9.17) is 4.80 Å². The minimum absolute atomic E-state index is 0. The SMILES string of the molecule is C[Si](C)O.Cc1cc2c(-c3ccc(C(C)(C)C)cc3)cccc2[cH-]1.[Cl-].[Cl-].[Hf]. The van der Waals surface area contributed by atoms with E-state index < -0.39 is 9.04 Å². The Kier molecular flexibility index (Phi) is 13.1. The molecule has 0 aliphatic carbocycles. The third-order valence-corrected chi connectivity index (χ3v) is 3.96. The zero-order valence-corrected chi connectivity index (χ0v) is 23.0. The molecule has 5 heteroatoms. The maximum absolute atomic E-state index is 8.16. The van der Waals surface area contributed by atoms with Gasteiger partial charge < -0.3 is 29.6 Å². The first kappa shape index (κ1) is 28.9. The molecule has 0 bridgehead atoms. The van der Waals surface area contributed by atoms with Crippen LogP contribution in [0.2, 0.25) is 13.1 Å². The molecular formula is C22H28Cl2HfOSi-3. The standard InChI is InChI=1S/C20H21.C2H7OSi.2ClH.Hf/c1-14-12-16-6-5-7-18(19(16)13-14)15-8-10-17(11-9-15)20(2,3)4;1-4(2)3;;;/h5-13H,1-4H3;3H,1-2H3;2*1H;/q-1;;;;/p-2. The molecule has 0 fully saturated rings. The zero-order chi connectivity index (χ0) is 17.9. The van der Waals surface area contributed by atoms with Crippen LogP contribution >= 0.6 is 0 Å². The van der Waals surface area contributed by atoms with Crippen molar-refractivity contribution in [3.8, 4) is 11.1 Å². The summed E-state index contributed by atoms with van der Waals surface area (Å²) in [6, 6.07) is 20.1. The van der Waals surface area contributed by atoms with E-state index in [1.807, 2.05) is 13.1 Å². The van der Waals surface area contributed by atoms with Gasteiger partial charge in [-0.25, -0.2) is 0 Å². The largest absolute Gasteiger partial charge is 1.00 e. The molecule has 3 aromatic rings. The van der Waals surface area contributed by atoms with Gasteiger partial charge in [0.25, 0.3) is 0 Å². The topological polar surface area (TPSA) is 20.2 Å². The molecule has 27 heavy (non-hydrogen) atoms. The molecule has 0 amide bonds. The van der Waals surface area contributed by atoms with Crippen LogP contribution < -0.4 is 24.8 Å². The number of halogens is 2. The summed E-state index contributed by atoms with van der Waals surface area (Å²) in [5.41, 5.74) is 5.55. The average Bonchev–Trinajstić information content (AvgIpc) is 2.86. The molecule has 1 N–H and O–H groups in total. The Labute approximate surface area is 197 Å². The monoisotopic (exact) mass is 586 g/mol. The minimum Gasteiger partial charge on any atom is -1.00 e. The fourth-order valence-corrected chi connectivity index (χ4v) is 2.79. The van der Waals surface area contributed by atoms with Crippen LogP contribution in [0.15, 0.2) is 54.6 Å². The van der Waals surface area contributed by atoms with Crippen molar-refractivity contribution in [2.24, 2.45) is 0 Å². The Balaban J connectivity index is 0. The van der Waals surface area contributed by atoms with Crippen LogP contribution in [0.3, 0.4) is 0 Å². The molecule has 0 aliphatic heterocycles. The van der Waals surface area contributed by atoms with Gasteiger partial charge in [-0.3, -0.25) is 0 Å². The first-order chi connectivity index (χ1) is 11.2. The Morgan fingerprint density at radius 3 is 1.93 bits per heavy atom. The molecule has 0 saturated heterocycles. The summed E-state index contributed by atoms with van der Waals surface area (Å²) in [6.07, 6.45) is 0. The Hall–Kier alpha value is -0.323. The maximum Gasteiger partial charge on any atom is 0.200 e. The van der Waals surface area contributed by atoms with Crippen LogP contribution in [0.5, 0.6) is 0 Å². The molecule has 3 rings (SSSR count). The molecule has 0 unspecified atom stereocenters. The molecule has 1 radical (unpaired) electrons. The number of aryl methyl sites for hydroxylation is 1. The molecule has 0 aliphatic rings. The fourth-order valence-electron chi connectivity index (χ4n) is 2.79. The van der Waals surface area contributed by atoms with Gasteiger partial charge in [0.2, 0.25) is 0 Å². The summed E-state index contributed by atoms with van der Waals surface area (Å²) >= 11 is 0. The van der Waals surface area contributed by atoms with E-state index in [9.17, 15) is 0 Å². The first-order valence-electron chi connectivity index (χ1n) is 8.44. The van der Waals surface area contributed by atoms with E-state index in [1.165, 1.54) is 33.0 Å². The molecule has 147 valence electrons. The summed E-state index contributed by atoms with van der Waals surface area (Å²) in [5.74, 6) is 0. The number of fused-ring (bicyclic) bond motifs is 1. The van der Waals surface area contributed by atoms with Crippen molar-refractivity contribution in [1.82, 2.24) is 0 Å². The summed E-state index contributed by atoms with van der Waals surface area (Å²) in [6.45, 7) is 12.6. The van der Waals surface area contributed by atoms with Gasteiger partial charge in [0.1, 0.15) is 0 Å². The third-order valence-electron chi connectivity index (χ3n) is 3.96. The molecule has 3 aromatic carbocycles. The second-order valence-corrected chi connectivity index (χ2v) is 9.51. The van der Waals surface area contributed by atoms with E-state index in [0.29, 0.717) is 0 Å². The summed E-state index contributed by atoms with van der Waals surface area (Å²) in [4.78, 5) is 8.16. The summed E-state index contributed by atoms with van der Waals surface area (Å²) in [7, 11) is -0.880. The van der Waals surface area contributed by atoms with Crippen LogP contribution in [0.1, 0.15) is 31.9 Å². The van der Waals surface area contributed by atoms with Crippen molar-refractivity contribution < 1.29 is 55.5 Å². The van der Waals surface area contributed by atoms with Gasteiger partial charge in [-0.05, 0) is 29.6 Å². The van der Waals surface area contributed by atoms with Gasteiger partial charge in [0, 0.05) is 25.8 Å². The van der Waals surface area contributed by atoms with Crippen molar-refractivity contribution in [3.63, 3.8) is 0 Å². The Morgan fingerprint density at radius 2 is 1.44 bits per heavy atom. The predicted molar refractivity (Wildman–Crippen MR) is 108 cm³/mol. The predicted octanol–water partition coefficient (Wildman–Crippen LogP) is 0.0669. The van der Waals surface area contributed by atoms with E-state index in [0.717, 1.165) is 0 Å². The number of hydrogen-bond acceptors (Lipinski definition) is 1. The quantitative estimate of drug-likeness (QED) is 0.317. The van der Waals surface area contributed by atoms with Gasteiger partial charge >= 0.3 is 0 Å². The fraction of sp³-hybridized carbons (Fsp3) is 0.318. The Morgan fingerprint density at radius 1 is 0.926 bits per heavy atom. The van der Waals surface area contributed by atoms with Crippen molar-refractivity contribution in [1.29, 1.82) is 0 Å². The third kappa shape index (κ3) is 8.29. The molecule has 0 aromatic heterocycles. The van der Waals surface area contributed by atoms with Crippen LogP contribution in [0.25, 0.3) is 21.9 Å². The molecule has 0 atom stereocenters.